The lowest BCUT2D eigenvalue weighted by Gasteiger charge is -2.37. The smallest absolute Gasteiger partial charge is 0.119 e. The number of pyridine rings is 1. The minimum atomic E-state index is 0.550. The zero-order valence-corrected chi connectivity index (χ0v) is 12.0. The second kappa shape index (κ2) is 5.53. The molecule has 3 rings (SSSR count). The van der Waals surface area contributed by atoms with Gasteiger partial charge in [0.05, 0.1) is 19.0 Å². The first kappa shape index (κ1) is 13.0. The maximum absolute atomic E-state index is 5.29. The molecule has 1 saturated carbocycles. The van der Waals surface area contributed by atoms with Crippen molar-refractivity contribution in [1.29, 1.82) is 0 Å². The molecule has 0 saturated heterocycles. The molecule has 20 heavy (non-hydrogen) atoms. The summed E-state index contributed by atoms with van der Waals surface area (Å²) in [5.41, 5.74) is 3.79. The summed E-state index contributed by atoms with van der Waals surface area (Å²) in [5, 5.41) is 3.58. The first-order valence-electron chi connectivity index (χ1n) is 7.07. The lowest BCUT2D eigenvalue weighted by molar-refractivity contribution is 0.370. The van der Waals surface area contributed by atoms with Gasteiger partial charge >= 0.3 is 0 Å². The van der Waals surface area contributed by atoms with Crippen molar-refractivity contribution in [2.45, 2.75) is 31.7 Å². The van der Waals surface area contributed by atoms with Crippen LogP contribution in [-0.2, 0) is 0 Å². The summed E-state index contributed by atoms with van der Waals surface area (Å²) in [4.78, 5) is 4.18. The molecule has 104 valence electrons. The fraction of sp³-hybridized carbons (Fsp3) is 0.353. The van der Waals surface area contributed by atoms with E-state index in [0.29, 0.717) is 12.0 Å². The van der Waals surface area contributed by atoms with E-state index in [1.165, 1.54) is 24.0 Å². The number of nitrogens with one attached hydrogen (secondary N) is 1. The Labute approximate surface area is 120 Å². The molecule has 1 fully saturated rings. The van der Waals surface area contributed by atoms with Crippen molar-refractivity contribution in [2.24, 2.45) is 0 Å². The normalized spacial score (nSPS) is 21.1. The van der Waals surface area contributed by atoms with E-state index in [9.17, 15) is 0 Å². The SMILES string of the molecule is COc1cccc(C2CC(Nc3cnccc3C)C2)c1. The van der Waals surface area contributed by atoms with E-state index in [1.54, 1.807) is 7.11 Å². The third-order valence-corrected chi connectivity index (χ3v) is 4.10. The van der Waals surface area contributed by atoms with Gasteiger partial charge in [-0.1, -0.05) is 12.1 Å². The summed E-state index contributed by atoms with van der Waals surface area (Å²) >= 11 is 0. The Hall–Kier alpha value is -2.03. The fourth-order valence-corrected chi connectivity index (χ4v) is 2.74. The van der Waals surface area contributed by atoms with Crippen molar-refractivity contribution in [3.8, 4) is 5.75 Å². The van der Waals surface area contributed by atoms with Gasteiger partial charge in [-0.15, -0.1) is 0 Å². The molecule has 0 radical (unpaired) electrons. The number of hydrogen-bond donors (Lipinski definition) is 1. The van der Waals surface area contributed by atoms with E-state index in [2.05, 4.69) is 35.4 Å². The van der Waals surface area contributed by atoms with E-state index in [0.717, 1.165) is 11.4 Å². The van der Waals surface area contributed by atoms with Crippen molar-refractivity contribution in [2.75, 3.05) is 12.4 Å². The molecule has 1 aromatic carbocycles. The Morgan fingerprint density at radius 1 is 1.25 bits per heavy atom. The number of benzene rings is 1. The summed E-state index contributed by atoms with van der Waals surface area (Å²) in [7, 11) is 1.72. The lowest BCUT2D eigenvalue weighted by Crippen LogP contribution is -2.34. The van der Waals surface area contributed by atoms with Gasteiger partial charge in [0.25, 0.3) is 0 Å². The molecule has 0 unspecified atom stereocenters. The highest BCUT2D eigenvalue weighted by molar-refractivity contribution is 5.49. The van der Waals surface area contributed by atoms with Crippen LogP contribution in [0.25, 0.3) is 0 Å². The molecule has 0 atom stereocenters. The molecule has 1 aliphatic carbocycles. The van der Waals surface area contributed by atoms with Gasteiger partial charge in [0, 0.05) is 12.2 Å². The number of aryl methyl sites for hydroxylation is 1. The molecule has 3 heteroatoms. The van der Waals surface area contributed by atoms with Gasteiger partial charge in [-0.2, -0.15) is 0 Å². The van der Waals surface area contributed by atoms with Crippen molar-refractivity contribution in [1.82, 2.24) is 4.98 Å². The van der Waals surface area contributed by atoms with Gasteiger partial charge in [0.15, 0.2) is 0 Å². The van der Waals surface area contributed by atoms with Gasteiger partial charge in [0.2, 0.25) is 0 Å². The fourth-order valence-electron chi connectivity index (χ4n) is 2.74. The third kappa shape index (κ3) is 2.62. The largest absolute Gasteiger partial charge is 0.497 e. The second-order valence-electron chi connectivity index (χ2n) is 5.48. The molecular formula is C17H20N2O. The van der Waals surface area contributed by atoms with E-state index in [1.807, 2.05) is 24.5 Å². The minimum absolute atomic E-state index is 0.550. The number of aromatic nitrogens is 1. The average Bonchev–Trinajstić information content (AvgIpc) is 2.44. The Balaban J connectivity index is 1.60. The monoisotopic (exact) mass is 268 g/mol. The van der Waals surface area contributed by atoms with Gasteiger partial charge in [-0.3, -0.25) is 4.98 Å². The zero-order chi connectivity index (χ0) is 13.9. The van der Waals surface area contributed by atoms with Crippen LogP contribution < -0.4 is 10.1 Å². The number of nitrogens with zero attached hydrogens (tertiary/aromatic N) is 1. The number of hydrogen-bond acceptors (Lipinski definition) is 3. The summed E-state index contributed by atoms with van der Waals surface area (Å²) in [6.07, 6.45) is 6.08. The van der Waals surface area contributed by atoms with Crippen molar-refractivity contribution >= 4 is 5.69 Å². The summed E-state index contributed by atoms with van der Waals surface area (Å²) in [6.45, 7) is 2.11. The van der Waals surface area contributed by atoms with Gasteiger partial charge < -0.3 is 10.1 Å². The topological polar surface area (TPSA) is 34.1 Å². The number of ether oxygens (including phenoxy) is 1. The molecule has 0 amide bonds. The summed E-state index contributed by atoms with van der Waals surface area (Å²) in [5.74, 6) is 1.58. The van der Waals surface area contributed by atoms with E-state index in [4.69, 9.17) is 4.74 Å². The Bertz CT molecular complexity index is 591. The van der Waals surface area contributed by atoms with E-state index >= 15 is 0 Å². The number of methoxy groups -OCH3 is 1. The zero-order valence-electron chi connectivity index (χ0n) is 12.0. The maximum atomic E-state index is 5.29. The number of anilines is 1. The highest BCUT2D eigenvalue weighted by Gasteiger charge is 2.30. The quantitative estimate of drug-likeness (QED) is 0.916. The minimum Gasteiger partial charge on any atom is -0.497 e. The van der Waals surface area contributed by atoms with Crippen LogP contribution in [0.1, 0.15) is 29.9 Å². The first-order chi connectivity index (χ1) is 9.76. The predicted octanol–water partition coefficient (Wildman–Crippen LogP) is 3.76. The summed E-state index contributed by atoms with van der Waals surface area (Å²) < 4.78 is 5.29. The van der Waals surface area contributed by atoms with Crippen LogP contribution in [-0.4, -0.2) is 18.1 Å². The standard InChI is InChI=1S/C17H20N2O/c1-12-6-7-18-11-17(12)19-15-8-14(9-15)13-4-3-5-16(10-13)20-2/h3-7,10-11,14-15,19H,8-9H2,1-2H3. The van der Waals surface area contributed by atoms with E-state index < -0.39 is 0 Å². The molecule has 3 nitrogen and oxygen atoms in total. The lowest BCUT2D eigenvalue weighted by atomic mass is 9.75. The number of rotatable bonds is 4. The van der Waals surface area contributed by atoms with Crippen LogP contribution in [0.15, 0.2) is 42.7 Å². The average molecular weight is 268 g/mol. The van der Waals surface area contributed by atoms with Crippen LogP contribution in [0.3, 0.4) is 0 Å². The van der Waals surface area contributed by atoms with Crippen LogP contribution >= 0.6 is 0 Å². The molecule has 1 N–H and O–H groups in total. The Kier molecular flexibility index (Phi) is 3.59. The van der Waals surface area contributed by atoms with Crippen molar-refractivity contribution < 1.29 is 4.74 Å². The van der Waals surface area contributed by atoms with Crippen LogP contribution in [0.5, 0.6) is 5.75 Å². The van der Waals surface area contributed by atoms with Crippen LogP contribution in [0.2, 0.25) is 0 Å². The Morgan fingerprint density at radius 3 is 2.85 bits per heavy atom. The molecule has 2 aromatic rings. The molecule has 0 spiro atoms. The molecular weight excluding hydrogens is 248 g/mol. The van der Waals surface area contributed by atoms with E-state index in [-0.39, 0.29) is 0 Å². The van der Waals surface area contributed by atoms with Crippen molar-refractivity contribution in [3.63, 3.8) is 0 Å². The first-order valence-corrected chi connectivity index (χ1v) is 7.07. The maximum Gasteiger partial charge on any atom is 0.119 e. The molecule has 1 aliphatic rings. The van der Waals surface area contributed by atoms with Gasteiger partial charge in [-0.25, -0.2) is 0 Å². The van der Waals surface area contributed by atoms with Crippen molar-refractivity contribution in [3.05, 3.63) is 53.9 Å². The third-order valence-electron chi connectivity index (χ3n) is 4.10. The molecule has 0 bridgehead atoms. The van der Waals surface area contributed by atoms with Crippen LogP contribution in [0, 0.1) is 6.92 Å². The van der Waals surface area contributed by atoms with Crippen LogP contribution in [0.4, 0.5) is 5.69 Å². The van der Waals surface area contributed by atoms with Gasteiger partial charge in [0.1, 0.15) is 5.75 Å². The highest BCUT2D eigenvalue weighted by atomic mass is 16.5. The summed E-state index contributed by atoms with van der Waals surface area (Å²) in [6, 6.07) is 11.0. The molecule has 1 aromatic heterocycles. The predicted molar refractivity (Wildman–Crippen MR) is 81.4 cm³/mol. The Morgan fingerprint density at radius 2 is 2.10 bits per heavy atom. The second-order valence-corrected chi connectivity index (χ2v) is 5.48. The molecule has 1 heterocycles. The molecule has 0 aliphatic heterocycles. The highest BCUT2D eigenvalue weighted by Crippen LogP contribution is 2.39. The van der Waals surface area contributed by atoms with Gasteiger partial charge in [-0.05, 0) is 55.0 Å².